The van der Waals surface area contributed by atoms with Crippen LogP contribution in [0.1, 0.15) is 35.8 Å². The molecular formula is C18H19NO4. The normalized spacial score (nSPS) is 15.9. The molecule has 3 rings (SSSR count). The minimum absolute atomic E-state index is 0.115. The number of aromatic nitrogens is 1. The fourth-order valence-electron chi connectivity index (χ4n) is 3.18. The summed E-state index contributed by atoms with van der Waals surface area (Å²) in [6.07, 6.45) is 2.28. The standard InChI is InChI=1S/C18H19NO4/c1-10(2)15-6-11-4-5-12(23-3)7-13(11)16-8-17(20)14(18(21)22)9-19(15)16/h4-5,7-10,15H,6H2,1-3H3,(H,21,22). The van der Waals surface area contributed by atoms with Crippen LogP contribution in [0.3, 0.4) is 0 Å². The third-order valence-corrected chi connectivity index (χ3v) is 4.46. The van der Waals surface area contributed by atoms with E-state index in [2.05, 4.69) is 13.8 Å². The lowest BCUT2D eigenvalue weighted by Gasteiger charge is -2.33. The van der Waals surface area contributed by atoms with Gasteiger partial charge in [0.1, 0.15) is 11.3 Å². The van der Waals surface area contributed by atoms with Gasteiger partial charge in [0.25, 0.3) is 0 Å². The number of ether oxygens (including phenoxy) is 1. The molecule has 1 N–H and O–H groups in total. The topological polar surface area (TPSA) is 68.5 Å². The van der Waals surface area contributed by atoms with E-state index in [9.17, 15) is 14.7 Å². The molecule has 2 heterocycles. The highest BCUT2D eigenvalue weighted by atomic mass is 16.5. The van der Waals surface area contributed by atoms with Gasteiger partial charge in [0, 0.05) is 23.9 Å². The van der Waals surface area contributed by atoms with Gasteiger partial charge in [-0.15, -0.1) is 0 Å². The number of carboxylic acids is 1. The van der Waals surface area contributed by atoms with Crippen LogP contribution in [0.5, 0.6) is 5.75 Å². The third-order valence-electron chi connectivity index (χ3n) is 4.46. The Kier molecular flexibility index (Phi) is 3.72. The molecule has 0 radical (unpaired) electrons. The number of pyridine rings is 1. The van der Waals surface area contributed by atoms with Gasteiger partial charge in [-0.3, -0.25) is 4.79 Å². The second-order valence-electron chi connectivity index (χ2n) is 6.19. The summed E-state index contributed by atoms with van der Waals surface area (Å²) in [5.74, 6) is -0.162. The van der Waals surface area contributed by atoms with Gasteiger partial charge < -0.3 is 14.4 Å². The largest absolute Gasteiger partial charge is 0.497 e. The second-order valence-corrected chi connectivity index (χ2v) is 6.19. The van der Waals surface area contributed by atoms with Crippen molar-refractivity contribution in [2.75, 3.05) is 7.11 Å². The first-order chi connectivity index (χ1) is 10.9. The zero-order valence-corrected chi connectivity index (χ0v) is 13.4. The first-order valence-corrected chi connectivity index (χ1v) is 7.59. The maximum Gasteiger partial charge on any atom is 0.341 e. The van der Waals surface area contributed by atoms with Crippen molar-refractivity contribution in [1.29, 1.82) is 0 Å². The Balaban J connectivity index is 2.30. The number of aromatic carboxylic acids is 1. The highest BCUT2D eigenvalue weighted by Crippen LogP contribution is 2.38. The fourth-order valence-corrected chi connectivity index (χ4v) is 3.18. The number of fused-ring (bicyclic) bond motifs is 3. The predicted octanol–water partition coefficient (Wildman–Crippen LogP) is 2.98. The van der Waals surface area contributed by atoms with Crippen LogP contribution in [0.25, 0.3) is 11.3 Å². The van der Waals surface area contributed by atoms with E-state index >= 15 is 0 Å². The third kappa shape index (κ3) is 2.52. The van der Waals surface area contributed by atoms with Gasteiger partial charge >= 0.3 is 5.97 Å². The van der Waals surface area contributed by atoms with Crippen molar-refractivity contribution in [2.45, 2.75) is 26.3 Å². The molecular weight excluding hydrogens is 294 g/mol. The van der Waals surface area contributed by atoms with Crippen molar-refractivity contribution < 1.29 is 14.6 Å². The molecule has 2 aromatic rings. The average Bonchev–Trinajstić information content (AvgIpc) is 2.52. The van der Waals surface area contributed by atoms with E-state index in [1.807, 2.05) is 22.8 Å². The maximum atomic E-state index is 12.1. The Morgan fingerprint density at radius 2 is 2.09 bits per heavy atom. The quantitative estimate of drug-likeness (QED) is 0.946. The van der Waals surface area contributed by atoms with Crippen molar-refractivity contribution in [3.63, 3.8) is 0 Å². The van der Waals surface area contributed by atoms with Crippen molar-refractivity contribution >= 4 is 5.97 Å². The highest BCUT2D eigenvalue weighted by Gasteiger charge is 2.28. The Bertz CT molecular complexity index is 835. The van der Waals surface area contributed by atoms with Gasteiger partial charge in [0.15, 0.2) is 5.43 Å². The number of carbonyl (C=O) groups is 1. The molecule has 1 aromatic heterocycles. The van der Waals surface area contributed by atoms with E-state index in [-0.39, 0.29) is 11.6 Å². The highest BCUT2D eigenvalue weighted by molar-refractivity contribution is 5.87. The van der Waals surface area contributed by atoms with E-state index in [4.69, 9.17) is 4.74 Å². The molecule has 0 fully saturated rings. The minimum atomic E-state index is -1.19. The zero-order valence-electron chi connectivity index (χ0n) is 13.4. The number of hydrogen-bond acceptors (Lipinski definition) is 3. The zero-order chi connectivity index (χ0) is 16.7. The van der Waals surface area contributed by atoms with Crippen LogP contribution < -0.4 is 10.2 Å². The van der Waals surface area contributed by atoms with Gasteiger partial charge in [0.2, 0.25) is 0 Å². The number of methoxy groups -OCH3 is 1. The van der Waals surface area contributed by atoms with E-state index in [0.717, 1.165) is 23.2 Å². The minimum Gasteiger partial charge on any atom is -0.497 e. The molecule has 0 saturated heterocycles. The maximum absolute atomic E-state index is 12.1. The van der Waals surface area contributed by atoms with Crippen LogP contribution in [0.15, 0.2) is 35.3 Å². The lowest BCUT2D eigenvalue weighted by atomic mass is 9.87. The van der Waals surface area contributed by atoms with E-state index in [1.54, 1.807) is 7.11 Å². The van der Waals surface area contributed by atoms with E-state index in [0.29, 0.717) is 11.7 Å². The van der Waals surface area contributed by atoms with Crippen LogP contribution in [-0.4, -0.2) is 22.8 Å². The first kappa shape index (κ1) is 15.3. The lowest BCUT2D eigenvalue weighted by molar-refractivity contribution is 0.0694. The molecule has 0 aliphatic carbocycles. The summed E-state index contributed by atoms with van der Waals surface area (Å²) >= 11 is 0. The summed E-state index contributed by atoms with van der Waals surface area (Å²) in [6, 6.07) is 7.37. The Morgan fingerprint density at radius 1 is 1.35 bits per heavy atom. The summed E-state index contributed by atoms with van der Waals surface area (Å²) in [5.41, 5.74) is 2.16. The molecule has 5 nitrogen and oxygen atoms in total. The molecule has 0 spiro atoms. The number of nitrogens with zero attached hydrogens (tertiary/aromatic N) is 1. The SMILES string of the molecule is COc1ccc2c(c1)-c1cc(=O)c(C(=O)O)cn1C(C(C)C)C2. The van der Waals surface area contributed by atoms with Crippen LogP contribution in [0.4, 0.5) is 0 Å². The summed E-state index contributed by atoms with van der Waals surface area (Å²) in [6.45, 7) is 4.20. The van der Waals surface area contributed by atoms with Crippen LogP contribution in [0.2, 0.25) is 0 Å². The molecule has 120 valence electrons. The number of hydrogen-bond donors (Lipinski definition) is 1. The van der Waals surface area contributed by atoms with Crippen molar-refractivity contribution in [3.05, 3.63) is 51.8 Å². The summed E-state index contributed by atoms with van der Waals surface area (Å²) in [4.78, 5) is 23.4. The molecule has 1 aromatic carbocycles. The molecule has 23 heavy (non-hydrogen) atoms. The first-order valence-electron chi connectivity index (χ1n) is 7.59. The number of carboxylic acid groups (broad SMARTS) is 1. The number of benzene rings is 1. The fraction of sp³-hybridized carbons (Fsp3) is 0.333. The molecule has 1 aliphatic rings. The van der Waals surface area contributed by atoms with E-state index in [1.165, 1.54) is 12.3 Å². The van der Waals surface area contributed by atoms with Gasteiger partial charge in [-0.1, -0.05) is 19.9 Å². The monoisotopic (exact) mass is 313 g/mol. The second kappa shape index (κ2) is 5.57. The van der Waals surface area contributed by atoms with Crippen molar-refractivity contribution in [3.8, 4) is 17.0 Å². The smallest absolute Gasteiger partial charge is 0.341 e. The molecule has 0 amide bonds. The average molecular weight is 313 g/mol. The number of rotatable bonds is 3. The van der Waals surface area contributed by atoms with Gasteiger partial charge in [0.05, 0.1) is 12.8 Å². The molecule has 5 heteroatoms. The van der Waals surface area contributed by atoms with Gasteiger partial charge in [-0.05, 0) is 30.0 Å². The van der Waals surface area contributed by atoms with Crippen molar-refractivity contribution in [1.82, 2.24) is 4.57 Å². The Morgan fingerprint density at radius 3 is 2.70 bits per heavy atom. The molecule has 1 aliphatic heterocycles. The van der Waals surface area contributed by atoms with Crippen molar-refractivity contribution in [2.24, 2.45) is 5.92 Å². The van der Waals surface area contributed by atoms with Crippen LogP contribution >= 0.6 is 0 Å². The van der Waals surface area contributed by atoms with Crippen LogP contribution in [-0.2, 0) is 6.42 Å². The van der Waals surface area contributed by atoms with Gasteiger partial charge in [-0.2, -0.15) is 0 Å². The van der Waals surface area contributed by atoms with Gasteiger partial charge in [-0.25, -0.2) is 4.79 Å². The summed E-state index contributed by atoms with van der Waals surface area (Å²) in [5, 5.41) is 9.24. The Hall–Kier alpha value is -2.56. The predicted molar refractivity (Wildman–Crippen MR) is 87.2 cm³/mol. The molecule has 0 bridgehead atoms. The molecule has 1 unspecified atom stereocenters. The van der Waals surface area contributed by atoms with E-state index < -0.39 is 11.4 Å². The molecule has 1 atom stereocenters. The lowest BCUT2D eigenvalue weighted by Crippen LogP contribution is -2.28. The summed E-state index contributed by atoms with van der Waals surface area (Å²) in [7, 11) is 1.60. The van der Waals surface area contributed by atoms with Crippen LogP contribution in [0, 0.1) is 5.92 Å². The summed E-state index contributed by atoms with van der Waals surface area (Å²) < 4.78 is 7.21. The molecule has 0 saturated carbocycles. The Labute approximate surface area is 134 Å².